The Morgan fingerprint density at radius 3 is 2.52 bits per heavy atom. The van der Waals surface area contributed by atoms with Crippen LogP contribution in [-0.4, -0.2) is 47.4 Å². The first-order chi connectivity index (χ1) is 12.0. The highest BCUT2D eigenvalue weighted by atomic mass is 79.9. The van der Waals surface area contributed by atoms with E-state index in [4.69, 9.17) is 5.11 Å². The molecule has 2 N–H and O–H groups in total. The zero-order chi connectivity index (χ0) is 18.2. The Bertz CT molecular complexity index is 648. The number of carbonyl (C=O) groups excluding carboxylic acids is 3. The van der Waals surface area contributed by atoms with Crippen LogP contribution in [0, 0.1) is 0 Å². The molecule has 3 amide bonds. The Balaban J connectivity index is 1.69. The molecule has 1 aromatic carbocycles. The number of hydrogen-bond acceptors (Lipinski definition) is 4. The van der Waals surface area contributed by atoms with E-state index in [1.54, 1.807) is 18.2 Å². The highest BCUT2D eigenvalue weighted by Gasteiger charge is 2.35. The number of halogens is 1. The summed E-state index contributed by atoms with van der Waals surface area (Å²) in [5.41, 5.74) is 0.826. The van der Waals surface area contributed by atoms with E-state index < -0.39 is 0 Å². The number of hydrogen-bond donors (Lipinski definition) is 2. The van der Waals surface area contributed by atoms with Gasteiger partial charge in [0.05, 0.1) is 11.1 Å². The van der Waals surface area contributed by atoms with Gasteiger partial charge in [-0.05, 0) is 37.5 Å². The van der Waals surface area contributed by atoms with E-state index in [0.717, 1.165) is 30.2 Å². The minimum absolute atomic E-state index is 0.0680. The lowest BCUT2D eigenvalue weighted by Crippen LogP contribution is -2.32. The molecule has 1 aliphatic heterocycles. The van der Waals surface area contributed by atoms with Crippen molar-refractivity contribution in [2.24, 2.45) is 0 Å². The van der Waals surface area contributed by atoms with Crippen molar-refractivity contribution in [2.45, 2.75) is 38.5 Å². The maximum absolute atomic E-state index is 12.3. The van der Waals surface area contributed by atoms with Gasteiger partial charge in [0.15, 0.2) is 0 Å². The molecular weight excluding hydrogens is 388 g/mol. The van der Waals surface area contributed by atoms with E-state index in [1.165, 1.54) is 4.90 Å². The molecule has 25 heavy (non-hydrogen) atoms. The van der Waals surface area contributed by atoms with Gasteiger partial charge in [-0.3, -0.25) is 19.3 Å². The first-order valence-electron chi connectivity index (χ1n) is 8.58. The van der Waals surface area contributed by atoms with Gasteiger partial charge in [-0.1, -0.05) is 28.8 Å². The number of aliphatic hydroxyl groups is 1. The predicted octanol–water partition coefficient (Wildman–Crippen LogP) is 2.49. The number of rotatable bonds is 10. The second-order valence-corrected chi connectivity index (χ2v) is 6.96. The monoisotopic (exact) mass is 410 g/mol. The van der Waals surface area contributed by atoms with Crippen molar-refractivity contribution in [1.29, 1.82) is 0 Å². The Hall–Kier alpha value is -1.73. The number of fused-ring (bicyclic) bond motifs is 1. The molecule has 0 spiro atoms. The molecule has 7 heteroatoms. The summed E-state index contributed by atoms with van der Waals surface area (Å²) in [7, 11) is 0. The van der Waals surface area contributed by atoms with Gasteiger partial charge in [0.2, 0.25) is 5.91 Å². The predicted molar refractivity (Wildman–Crippen MR) is 97.3 cm³/mol. The van der Waals surface area contributed by atoms with Crippen LogP contribution in [0.15, 0.2) is 22.7 Å². The number of imide groups is 1. The third-order valence-corrected chi connectivity index (χ3v) is 4.62. The molecule has 0 radical (unpaired) electrons. The van der Waals surface area contributed by atoms with Crippen LogP contribution in [0.2, 0.25) is 0 Å². The second-order valence-electron chi connectivity index (χ2n) is 6.04. The van der Waals surface area contributed by atoms with Crippen molar-refractivity contribution >= 4 is 33.7 Å². The van der Waals surface area contributed by atoms with Gasteiger partial charge in [0.1, 0.15) is 0 Å². The van der Waals surface area contributed by atoms with Gasteiger partial charge in [-0.15, -0.1) is 0 Å². The lowest BCUT2D eigenvalue weighted by molar-refractivity contribution is -0.121. The molecule has 2 rings (SSSR count). The topological polar surface area (TPSA) is 86.7 Å². The summed E-state index contributed by atoms with van der Waals surface area (Å²) >= 11 is 3.30. The summed E-state index contributed by atoms with van der Waals surface area (Å²) in [6.07, 6.45) is 4.36. The lowest BCUT2D eigenvalue weighted by Gasteiger charge is -2.13. The number of nitrogens with one attached hydrogen (secondary N) is 1. The Kier molecular flexibility index (Phi) is 7.58. The number of benzene rings is 1. The van der Waals surface area contributed by atoms with E-state index in [2.05, 4.69) is 21.2 Å². The van der Waals surface area contributed by atoms with Crippen molar-refractivity contribution in [2.75, 3.05) is 19.7 Å². The first kappa shape index (κ1) is 19.6. The summed E-state index contributed by atoms with van der Waals surface area (Å²) in [5, 5.41) is 11.5. The summed E-state index contributed by atoms with van der Waals surface area (Å²) in [5.74, 6) is -0.663. The number of carbonyl (C=O) groups is 3. The molecule has 0 unspecified atom stereocenters. The summed E-state index contributed by atoms with van der Waals surface area (Å²) in [6, 6.07) is 5.03. The fourth-order valence-corrected chi connectivity index (χ4v) is 3.13. The molecule has 0 saturated carbocycles. The van der Waals surface area contributed by atoms with Crippen LogP contribution >= 0.6 is 15.9 Å². The van der Waals surface area contributed by atoms with Gasteiger partial charge in [0, 0.05) is 30.6 Å². The standard InChI is InChI=1S/C18H23BrN2O4/c19-13-7-8-14-15(12-13)18(25)21(17(14)24)10-5-6-16(23)20-9-3-1-2-4-11-22/h7-8,12,22H,1-6,9-11H2,(H,20,23). The zero-order valence-electron chi connectivity index (χ0n) is 14.1. The van der Waals surface area contributed by atoms with Crippen molar-refractivity contribution in [3.8, 4) is 0 Å². The minimum Gasteiger partial charge on any atom is -0.396 e. The maximum atomic E-state index is 12.3. The molecule has 0 fully saturated rings. The fourth-order valence-electron chi connectivity index (χ4n) is 2.77. The molecule has 0 atom stereocenters. The normalized spacial score (nSPS) is 13.3. The van der Waals surface area contributed by atoms with Crippen molar-refractivity contribution < 1.29 is 19.5 Å². The maximum Gasteiger partial charge on any atom is 0.261 e. The quantitative estimate of drug-likeness (QED) is 0.458. The second kappa shape index (κ2) is 9.68. The Morgan fingerprint density at radius 1 is 1.04 bits per heavy atom. The zero-order valence-corrected chi connectivity index (χ0v) is 15.7. The van der Waals surface area contributed by atoms with E-state index in [0.29, 0.717) is 24.1 Å². The van der Waals surface area contributed by atoms with Gasteiger partial charge in [-0.2, -0.15) is 0 Å². The number of unbranched alkanes of at least 4 members (excludes halogenated alkanes) is 3. The first-order valence-corrected chi connectivity index (χ1v) is 9.37. The van der Waals surface area contributed by atoms with Gasteiger partial charge in [-0.25, -0.2) is 0 Å². The lowest BCUT2D eigenvalue weighted by atomic mass is 10.1. The summed E-state index contributed by atoms with van der Waals surface area (Å²) < 4.78 is 0.757. The molecule has 1 aromatic rings. The molecule has 6 nitrogen and oxygen atoms in total. The summed E-state index contributed by atoms with van der Waals surface area (Å²) in [6.45, 7) is 1.07. The third-order valence-electron chi connectivity index (χ3n) is 4.13. The minimum atomic E-state index is -0.300. The van der Waals surface area contributed by atoms with Crippen molar-refractivity contribution in [3.05, 3.63) is 33.8 Å². The van der Waals surface area contributed by atoms with Gasteiger partial charge < -0.3 is 10.4 Å². The highest BCUT2D eigenvalue weighted by Crippen LogP contribution is 2.26. The SMILES string of the molecule is O=C(CCCN1C(=O)c2ccc(Br)cc2C1=O)NCCCCCCO. The Labute approximate surface area is 155 Å². The average Bonchev–Trinajstić information content (AvgIpc) is 2.82. The highest BCUT2D eigenvalue weighted by molar-refractivity contribution is 9.10. The number of amides is 3. The number of aliphatic hydroxyl groups excluding tert-OH is 1. The molecule has 0 aromatic heterocycles. The summed E-state index contributed by atoms with van der Waals surface area (Å²) in [4.78, 5) is 37.6. The Morgan fingerprint density at radius 2 is 1.76 bits per heavy atom. The van der Waals surface area contributed by atoms with Crippen LogP contribution in [0.5, 0.6) is 0 Å². The molecule has 1 heterocycles. The average molecular weight is 411 g/mol. The van der Waals surface area contributed by atoms with Crippen LogP contribution in [0.4, 0.5) is 0 Å². The van der Waals surface area contributed by atoms with Crippen LogP contribution in [0.25, 0.3) is 0 Å². The number of nitrogens with zero attached hydrogens (tertiary/aromatic N) is 1. The third kappa shape index (κ3) is 5.37. The van der Waals surface area contributed by atoms with Gasteiger partial charge in [0.25, 0.3) is 11.8 Å². The van der Waals surface area contributed by atoms with E-state index in [-0.39, 0.29) is 37.3 Å². The largest absolute Gasteiger partial charge is 0.396 e. The van der Waals surface area contributed by atoms with Crippen molar-refractivity contribution in [1.82, 2.24) is 10.2 Å². The van der Waals surface area contributed by atoms with Crippen LogP contribution in [-0.2, 0) is 4.79 Å². The van der Waals surface area contributed by atoms with E-state index in [1.807, 2.05) is 0 Å². The van der Waals surface area contributed by atoms with E-state index in [9.17, 15) is 14.4 Å². The van der Waals surface area contributed by atoms with Gasteiger partial charge >= 0.3 is 0 Å². The molecule has 1 aliphatic rings. The molecule has 0 aliphatic carbocycles. The van der Waals surface area contributed by atoms with Crippen molar-refractivity contribution in [3.63, 3.8) is 0 Å². The van der Waals surface area contributed by atoms with Crippen LogP contribution in [0.3, 0.4) is 0 Å². The molecule has 0 saturated heterocycles. The smallest absolute Gasteiger partial charge is 0.261 e. The fraction of sp³-hybridized carbons (Fsp3) is 0.500. The van der Waals surface area contributed by atoms with Crippen LogP contribution < -0.4 is 5.32 Å². The molecule has 0 bridgehead atoms. The van der Waals surface area contributed by atoms with Crippen LogP contribution in [0.1, 0.15) is 59.2 Å². The molecular formula is C18H23BrN2O4. The molecule has 136 valence electrons. The van der Waals surface area contributed by atoms with E-state index >= 15 is 0 Å².